The lowest BCUT2D eigenvalue weighted by atomic mass is 10.2. The zero-order valence-corrected chi connectivity index (χ0v) is 11.2. The molecule has 3 N–H and O–H groups in total. The Morgan fingerprint density at radius 2 is 2.10 bits per heavy atom. The molecule has 2 rings (SSSR count). The number of amides is 1. The van der Waals surface area contributed by atoms with Crippen LogP contribution in [-0.4, -0.2) is 63.2 Å². The van der Waals surface area contributed by atoms with Crippen molar-refractivity contribution in [2.45, 2.75) is 19.5 Å². The van der Waals surface area contributed by atoms with Crippen LogP contribution in [0, 0.1) is 0 Å². The molecule has 1 aromatic rings. The number of morpholine rings is 1. The molecule has 0 saturated carbocycles. The lowest BCUT2D eigenvalue weighted by Crippen LogP contribution is -2.44. The predicted molar refractivity (Wildman–Crippen MR) is 67.0 cm³/mol. The van der Waals surface area contributed by atoms with Gasteiger partial charge in [-0.25, -0.2) is 9.48 Å². The number of hydrogen-bond acceptors (Lipinski definition) is 6. The number of rotatable bonds is 4. The summed E-state index contributed by atoms with van der Waals surface area (Å²) in [5.41, 5.74) is 5.57. The summed E-state index contributed by atoms with van der Waals surface area (Å²) < 4.78 is 6.47. The Hall–Kier alpha value is -2.00. The number of carboxylic acid groups (broad SMARTS) is 1. The maximum atomic E-state index is 12.3. The first-order valence-corrected chi connectivity index (χ1v) is 6.30. The van der Waals surface area contributed by atoms with Crippen molar-refractivity contribution >= 4 is 11.9 Å². The van der Waals surface area contributed by atoms with Crippen molar-refractivity contribution in [3.63, 3.8) is 0 Å². The van der Waals surface area contributed by atoms with E-state index in [1.54, 1.807) is 11.8 Å². The van der Waals surface area contributed by atoms with Gasteiger partial charge in [0.2, 0.25) is 5.91 Å². The van der Waals surface area contributed by atoms with E-state index in [-0.39, 0.29) is 23.8 Å². The Kier molecular flexibility index (Phi) is 4.30. The second kappa shape index (κ2) is 5.97. The monoisotopic (exact) mass is 283 g/mol. The molecule has 1 fully saturated rings. The normalized spacial score (nSPS) is 17.0. The van der Waals surface area contributed by atoms with E-state index in [0.717, 1.165) is 0 Å². The number of carboxylic acids is 1. The van der Waals surface area contributed by atoms with Crippen molar-refractivity contribution in [3.8, 4) is 0 Å². The van der Waals surface area contributed by atoms with Crippen LogP contribution in [0.3, 0.4) is 0 Å². The van der Waals surface area contributed by atoms with Gasteiger partial charge in [-0.2, -0.15) is 0 Å². The Morgan fingerprint density at radius 1 is 1.45 bits per heavy atom. The number of aromatic nitrogens is 3. The Morgan fingerprint density at radius 3 is 2.65 bits per heavy atom. The van der Waals surface area contributed by atoms with Gasteiger partial charge in [0, 0.05) is 19.6 Å². The molecule has 110 valence electrons. The molecule has 0 radical (unpaired) electrons. The van der Waals surface area contributed by atoms with Crippen LogP contribution in [0.25, 0.3) is 0 Å². The minimum absolute atomic E-state index is 0.0463. The fourth-order valence-corrected chi connectivity index (χ4v) is 2.13. The summed E-state index contributed by atoms with van der Waals surface area (Å²) >= 11 is 0. The molecular formula is C11H17N5O4. The molecule has 1 amide bonds. The summed E-state index contributed by atoms with van der Waals surface area (Å²) in [5.74, 6) is -1.35. The number of ether oxygens (including phenoxy) is 1. The van der Waals surface area contributed by atoms with Crippen molar-refractivity contribution in [2.75, 3.05) is 26.3 Å². The van der Waals surface area contributed by atoms with Gasteiger partial charge in [-0.3, -0.25) is 4.79 Å². The highest BCUT2D eigenvalue weighted by atomic mass is 16.5. The van der Waals surface area contributed by atoms with E-state index in [1.165, 1.54) is 4.68 Å². The van der Waals surface area contributed by atoms with Crippen LogP contribution in [-0.2, 0) is 16.1 Å². The summed E-state index contributed by atoms with van der Waals surface area (Å²) in [5, 5.41) is 16.3. The molecule has 0 aromatic carbocycles. The third kappa shape index (κ3) is 2.63. The van der Waals surface area contributed by atoms with E-state index in [4.69, 9.17) is 15.6 Å². The number of hydrogen-bond donors (Lipinski definition) is 2. The zero-order chi connectivity index (χ0) is 14.7. The van der Waals surface area contributed by atoms with Crippen LogP contribution in [0.1, 0.15) is 29.1 Å². The Balaban J connectivity index is 2.21. The molecule has 1 unspecified atom stereocenters. The number of carbonyl (C=O) groups excluding carboxylic acids is 1. The molecular weight excluding hydrogens is 266 g/mol. The molecule has 1 aromatic heterocycles. The van der Waals surface area contributed by atoms with Gasteiger partial charge in [0.25, 0.3) is 0 Å². The van der Waals surface area contributed by atoms with Crippen molar-refractivity contribution in [1.29, 1.82) is 0 Å². The first-order chi connectivity index (χ1) is 9.56. The van der Waals surface area contributed by atoms with Crippen molar-refractivity contribution in [2.24, 2.45) is 5.73 Å². The lowest BCUT2D eigenvalue weighted by molar-refractivity contribution is -0.138. The van der Waals surface area contributed by atoms with Crippen molar-refractivity contribution in [1.82, 2.24) is 19.9 Å². The molecule has 2 heterocycles. The number of nitrogens with two attached hydrogens (primary N) is 1. The number of nitrogens with zero attached hydrogens (tertiary/aromatic N) is 4. The second-order valence-electron chi connectivity index (χ2n) is 4.45. The Bertz CT molecular complexity index is 509. The van der Waals surface area contributed by atoms with E-state index < -0.39 is 12.0 Å². The van der Waals surface area contributed by atoms with E-state index in [1.807, 2.05) is 0 Å². The quantitative estimate of drug-likeness (QED) is 0.715. The topological polar surface area (TPSA) is 124 Å². The average Bonchev–Trinajstić information content (AvgIpc) is 2.90. The zero-order valence-electron chi connectivity index (χ0n) is 11.2. The largest absolute Gasteiger partial charge is 0.476 e. The average molecular weight is 283 g/mol. The van der Waals surface area contributed by atoms with Crippen LogP contribution in [0.15, 0.2) is 0 Å². The highest BCUT2D eigenvalue weighted by molar-refractivity contribution is 5.87. The third-order valence-electron chi connectivity index (χ3n) is 3.23. The number of carbonyl (C=O) groups is 2. The summed E-state index contributed by atoms with van der Waals surface area (Å²) in [6, 6.07) is -0.646. The molecule has 1 saturated heterocycles. The summed E-state index contributed by atoms with van der Waals surface area (Å²) in [7, 11) is 0. The number of aromatic carboxylic acids is 1. The Labute approximate surface area is 115 Å². The van der Waals surface area contributed by atoms with Gasteiger partial charge in [-0.1, -0.05) is 5.21 Å². The fraction of sp³-hybridized carbons (Fsp3) is 0.636. The van der Waals surface area contributed by atoms with Gasteiger partial charge in [0.05, 0.1) is 18.9 Å². The van der Waals surface area contributed by atoms with Gasteiger partial charge in [-0.15, -0.1) is 5.10 Å². The molecule has 1 atom stereocenters. The van der Waals surface area contributed by atoms with Gasteiger partial charge in [0.15, 0.2) is 5.69 Å². The van der Waals surface area contributed by atoms with Crippen molar-refractivity contribution < 1.29 is 19.4 Å². The first-order valence-electron chi connectivity index (χ1n) is 6.30. The van der Waals surface area contributed by atoms with Crippen LogP contribution in [0.5, 0.6) is 0 Å². The molecule has 0 spiro atoms. The highest BCUT2D eigenvalue weighted by Gasteiger charge is 2.28. The van der Waals surface area contributed by atoms with Gasteiger partial charge in [-0.05, 0) is 6.92 Å². The minimum Gasteiger partial charge on any atom is -0.476 e. The standard InChI is InChI=1S/C11H17N5O4/c1-7(10(17)15-2-4-20-5-3-15)16-8(6-12)9(11(18)19)13-14-16/h7H,2-6,12H2,1H3,(H,18,19). The van der Waals surface area contributed by atoms with Gasteiger partial charge in [0.1, 0.15) is 6.04 Å². The van der Waals surface area contributed by atoms with Gasteiger partial charge < -0.3 is 20.5 Å². The minimum atomic E-state index is -1.21. The smallest absolute Gasteiger partial charge is 0.358 e. The molecule has 9 heteroatoms. The molecule has 0 aliphatic carbocycles. The van der Waals surface area contributed by atoms with Crippen LogP contribution >= 0.6 is 0 Å². The van der Waals surface area contributed by atoms with E-state index in [2.05, 4.69) is 10.3 Å². The highest BCUT2D eigenvalue weighted by Crippen LogP contribution is 2.15. The van der Waals surface area contributed by atoms with Gasteiger partial charge >= 0.3 is 5.97 Å². The van der Waals surface area contributed by atoms with E-state index >= 15 is 0 Å². The maximum Gasteiger partial charge on any atom is 0.358 e. The van der Waals surface area contributed by atoms with Crippen molar-refractivity contribution in [3.05, 3.63) is 11.4 Å². The van der Waals surface area contributed by atoms with E-state index in [9.17, 15) is 9.59 Å². The first kappa shape index (κ1) is 14.4. The van der Waals surface area contributed by atoms with Crippen LogP contribution in [0.4, 0.5) is 0 Å². The predicted octanol–water partition coefficient (Wildman–Crippen LogP) is -1.15. The van der Waals surface area contributed by atoms with Crippen LogP contribution < -0.4 is 5.73 Å². The maximum absolute atomic E-state index is 12.3. The molecule has 1 aliphatic heterocycles. The lowest BCUT2D eigenvalue weighted by Gasteiger charge is -2.29. The third-order valence-corrected chi connectivity index (χ3v) is 3.23. The molecule has 20 heavy (non-hydrogen) atoms. The summed E-state index contributed by atoms with van der Waals surface area (Å²) in [6.07, 6.45) is 0. The van der Waals surface area contributed by atoms with E-state index in [0.29, 0.717) is 26.3 Å². The molecule has 0 bridgehead atoms. The summed E-state index contributed by atoms with van der Waals surface area (Å²) in [4.78, 5) is 25.0. The SMILES string of the molecule is CC(C(=O)N1CCOCC1)n1nnc(C(=O)O)c1CN. The molecule has 9 nitrogen and oxygen atoms in total. The summed E-state index contributed by atoms with van der Waals surface area (Å²) in [6.45, 7) is 3.63. The second-order valence-corrected chi connectivity index (χ2v) is 4.45. The fourth-order valence-electron chi connectivity index (χ4n) is 2.13. The molecule has 1 aliphatic rings. The van der Waals surface area contributed by atoms with Crippen LogP contribution in [0.2, 0.25) is 0 Å².